The summed E-state index contributed by atoms with van der Waals surface area (Å²) in [7, 11) is 0. The summed E-state index contributed by atoms with van der Waals surface area (Å²) in [5, 5.41) is 0. The first-order valence-corrected chi connectivity index (χ1v) is 8.64. The van der Waals surface area contributed by atoms with Crippen LogP contribution in [0.1, 0.15) is 25.1 Å². The normalized spacial score (nSPS) is 16.7. The molecule has 0 amide bonds. The monoisotopic (exact) mass is 373 g/mol. The zero-order valence-electron chi connectivity index (χ0n) is 11.8. The molecule has 1 aromatic carbocycles. The summed E-state index contributed by atoms with van der Waals surface area (Å²) in [6, 6.07) is 3.26. The van der Waals surface area contributed by atoms with E-state index in [1.54, 1.807) is 12.1 Å². The lowest BCUT2D eigenvalue weighted by Gasteiger charge is -2.26. The van der Waals surface area contributed by atoms with E-state index >= 15 is 0 Å². The SMILES string of the molecule is Fc1cc2c(cc1Br)nc(CCl)n2CCN1CCCCC1. The van der Waals surface area contributed by atoms with E-state index in [0.717, 1.165) is 43.0 Å². The quantitative estimate of drug-likeness (QED) is 0.749. The zero-order valence-corrected chi connectivity index (χ0v) is 14.1. The molecule has 0 atom stereocenters. The summed E-state index contributed by atoms with van der Waals surface area (Å²) in [5.74, 6) is 0.886. The minimum absolute atomic E-state index is 0.261. The Hall–Kier alpha value is -0.650. The van der Waals surface area contributed by atoms with Crippen molar-refractivity contribution < 1.29 is 4.39 Å². The van der Waals surface area contributed by atoms with Gasteiger partial charge < -0.3 is 9.47 Å². The van der Waals surface area contributed by atoms with Gasteiger partial charge in [-0.25, -0.2) is 9.37 Å². The number of aromatic nitrogens is 2. The van der Waals surface area contributed by atoms with Gasteiger partial charge >= 0.3 is 0 Å². The largest absolute Gasteiger partial charge is 0.326 e. The number of imidazole rings is 1. The van der Waals surface area contributed by atoms with Crippen LogP contribution in [0.2, 0.25) is 0 Å². The van der Waals surface area contributed by atoms with E-state index in [4.69, 9.17) is 11.6 Å². The molecule has 1 saturated heterocycles. The van der Waals surface area contributed by atoms with E-state index in [2.05, 4.69) is 25.8 Å². The Labute approximate surface area is 137 Å². The van der Waals surface area contributed by atoms with Crippen molar-refractivity contribution >= 4 is 38.6 Å². The Morgan fingerprint density at radius 2 is 1.95 bits per heavy atom. The second kappa shape index (κ2) is 6.63. The number of nitrogens with zero attached hydrogens (tertiary/aromatic N) is 3. The van der Waals surface area contributed by atoms with Crippen LogP contribution in [0, 0.1) is 5.82 Å². The van der Waals surface area contributed by atoms with Crippen molar-refractivity contribution in [1.82, 2.24) is 14.5 Å². The van der Waals surface area contributed by atoms with Crippen LogP contribution in [0.15, 0.2) is 16.6 Å². The lowest BCUT2D eigenvalue weighted by Crippen LogP contribution is -2.32. The molecule has 6 heteroatoms. The van der Waals surface area contributed by atoms with Crippen LogP contribution >= 0.6 is 27.5 Å². The molecule has 1 fully saturated rings. The smallest absolute Gasteiger partial charge is 0.139 e. The van der Waals surface area contributed by atoms with Crippen molar-refractivity contribution in [2.75, 3.05) is 19.6 Å². The van der Waals surface area contributed by atoms with Crippen molar-refractivity contribution in [3.8, 4) is 0 Å². The van der Waals surface area contributed by atoms with Gasteiger partial charge in [-0.05, 0) is 47.9 Å². The molecule has 1 aliphatic rings. The number of hydrogen-bond acceptors (Lipinski definition) is 2. The van der Waals surface area contributed by atoms with Gasteiger partial charge in [0.15, 0.2) is 0 Å². The number of hydrogen-bond donors (Lipinski definition) is 0. The second-order valence-corrected chi connectivity index (χ2v) is 6.59. The van der Waals surface area contributed by atoms with Crippen LogP contribution in [-0.4, -0.2) is 34.1 Å². The molecule has 0 N–H and O–H groups in total. The number of halogens is 3. The molecule has 0 radical (unpaired) electrons. The second-order valence-electron chi connectivity index (χ2n) is 5.47. The van der Waals surface area contributed by atoms with Crippen LogP contribution in [0.3, 0.4) is 0 Å². The predicted octanol–water partition coefficient (Wildman–Crippen LogP) is 4.16. The molecule has 3 nitrogen and oxygen atoms in total. The Morgan fingerprint density at radius 3 is 2.67 bits per heavy atom. The topological polar surface area (TPSA) is 21.1 Å². The Morgan fingerprint density at radius 1 is 1.19 bits per heavy atom. The first-order chi connectivity index (χ1) is 10.2. The van der Waals surface area contributed by atoms with E-state index < -0.39 is 0 Å². The number of piperidine rings is 1. The molecule has 114 valence electrons. The highest BCUT2D eigenvalue weighted by Crippen LogP contribution is 2.25. The lowest BCUT2D eigenvalue weighted by molar-refractivity contribution is 0.221. The van der Waals surface area contributed by atoms with Crippen LogP contribution < -0.4 is 0 Å². The number of fused-ring (bicyclic) bond motifs is 1. The maximum absolute atomic E-state index is 13.8. The van der Waals surface area contributed by atoms with E-state index in [-0.39, 0.29) is 5.82 Å². The molecule has 0 spiro atoms. The summed E-state index contributed by atoms with van der Waals surface area (Å²) in [6.07, 6.45) is 3.87. The zero-order chi connectivity index (χ0) is 14.8. The number of benzene rings is 1. The summed E-state index contributed by atoms with van der Waals surface area (Å²) in [5.41, 5.74) is 1.61. The first kappa shape index (κ1) is 15.3. The van der Waals surface area contributed by atoms with E-state index in [1.165, 1.54) is 19.3 Å². The molecule has 2 aromatic rings. The number of alkyl halides is 1. The molecule has 2 heterocycles. The fourth-order valence-corrected chi connectivity index (χ4v) is 3.48. The fraction of sp³-hybridized carbons (Fsp3) is 0.533. The highest BCUT2D eigenvalue weighted by atomic mass is 79.9. The first-order valence-electron chi connectivity index (χ1n) is 7.31. The fourth-order valence-electron chi connectivity index (χ4n) is 2.95. The van der Waals surface area contributed by atoms with E-state index in [9.17, 15) is 4.39 Å². The van der Waals surface area contributed by atoms with Gasteiger partial charge in [0.1, 0.15) is 11.6 Å². The molecular weight excluding hydrogens is 357 g/mol. The minimum atomic E-state index is -0.261. The van der Waals surface area contributed by atoms with Crippen molar-refractivity contribution in [3.63, 3.8) is 0 Å². The van der Waals surface area contributed by atoms with Crippen molar-refractivity contribution in [3.05, 3.63) is 28.2 Å². The molecular formula is C15H18BrClFN3. The van der Waals surface area contributed by atoms with Crippen LogP contribution in [-0.2, 0) is 12.4 Å². The van der Waals surface area contributed by atoms with E-state index in [0.29, 0.717) is 10.4 Å². The van der Waals surface area contributed by atoms with Gasteiger partial charge in [0.2, 0.25) is 0 Å². The molecule has 0 bridgehead atoms. The minimum Gasteiger partial charge on any atom is -0.326 e. The summed E-state index contributed by atoms with van der Waals surface area (Å²) >= 11 is 9.21. The van der Waals surface area contributed by atoms with Crippen molar-refractivity contribution in [1.29, 1.82) is 0 Å². The van der Waals surface area contributed by atoms with Crippen molar-refractivity contribution in [2.24, 2.45) is 0 Å². The van der Waals surface area contributed by atoms with E-state index in [1.807, 2.05) is 4.57 Å². The Balaban J connectivity index is 1.86. The van der Waals surface area contributed by atoms with Gasteiger partial charge in [0.05, 0.1) is 21.4 Å². The molecule has 1 aromatic heterocycles. The van der Waals surface area contributed by atoms with Crippen LogP contribution in [0.25, 0.3) is 11.0 Å². The standard InChI is InChI=1S/C15H18BrClFN3/c16-11-8-13-14(9-12(11)18)21(15(10-17)19-13)7-6-20-4-2-1-3-5-20/h8-9H,1-7,10H2. The summed E-state index contributed by atoms with van der Waals surface area (Å²) in [4.78, 5) is 6.97. The highest BCUT2D eigenvalue weighted by Gasteiger charge is 2.15. The lowest BCUT2D eigenvalue weighted by atomic mass is 10.1. The molecule has 3 rings (SSSR count). The van der Waals surface area contributed by atoms with Gasteiger partial charge in [-0.15, -0.1) is 11.6 Å². The molecule has 0 saturated carbocycles. The van der Waals surface area contributed by atoms with Gasteiger partial charge in [-0.3, -0.25) is 0 Å². The van der Waals surface area contributed by atoms with Gasteiger partial charge in [0, 0.05) is 19.2 Å². The maximum atomic E-state index is 13.8. The maximum Gasteiger partial charge on any atom is 0.139 e. The average molecular weight is 375 g/mol. The van der Waals surface area contributed by atoms with Gasteiger partial charge in [0.25, 0.3) is 0 Å². The summed E-state index contributed by atoms with van der Waals surface area (Å²) in [6.45, 7) is 4.08. The third-order valence-corrected chi connectivity index (χ3v) is 4.92. The number of rotatable bonds is 4. The number of likely N-dealkylation sites (tertiary alicyclic amines) is 1. The molecule has 21 heavy (non-hydrogen) atoms. The van der Waals surface area contributed by atoms with Crippen molar-refractivity contribution in [2.45, 2.75) is 31.7 Å². The molecule has 0 unspecified atom stereocenters. The predicted molar refractivity (Wildman–Crippen MR) is 87.2 cm³/mol. The average Bonchev–Trinajstić information content (AvgIpc) is 2.83. The van der Waals surface area contributed by atoms with Crippen LogP contribution in [0.5, 0.6) is 0 Å². The molecule has 0 aliphatic carbocycles. The van der Waals surface area contributed by atoms with Gasteiger partial charge in [-0.2, -0.15) is 0 Å². The van der Waals surface area contributed by atoms with Crippen LogP contribution in [0.4, 0.5) is 4.39 Å². The third-order valence-electron chi connectivity index (χ3n) is 4.08. The van der Waals surface area contributed by atoms with Gasteiger partial charge in [-0.1, -0.05) is 6.42 Å². The summed E-state index contributed by atoms with van der Waals surface area (Å²) < 4.78 is 16.3. The highest BCUT2D eigenvalue weighted by molar-refractivity contribution is 9.10. The Kier molecular flexibility index (Phi) is 4.82. The third kappa shape index (κ3) is 3.25. The molecule has 1 aliphatic heterocycles. The Bertz CT molecular complexity index is 637.